The lowest BCUT2D eigenvalue weighted by Gasteiger charge is -2.52. The summed E-state index contributed by atoms with van der Waals surface area (Å²) in [4.78, 5) is 18.9. The number of carbonyl (C=O) groups is 1. The van der Waals surface area contributed by atoms with Crippen LogP contribution < -0.4 is 5.32 Å². The predicted molar refractivity (Wildman–Crippen MR) is 127 cm³/mol. The lowest BCUT2D eigenvalue weighted by atomic mass is 9.58. The van der Waals surface area contributed by atoms with Crippen molar-refractivity contribution in [1.82, 2.24) is 10.3 Å². The van der Waals surface area contributed by atoms with E-state index in [0.717, 1.165) is 52.5 Å². The molecule has 1 N–H and O–H groups in total. The molecule has 6 rings (SSSR count). The van der Waals surface area contributed by atoms with Crippen LogP contribution in [0.2, 0.25) is 0 Å². The summed E-state index contributed by atoms with van der Waals surface area (Å²) in [7, 11) is 0. The van der Waals surface area contributed by atoms with Crippen molar-refractivity contribution in [3.05, 3.63) is 64.7 Å². The first kappa shape index (κ1) is 20.2. The second kappa shape index (κ2) is 7.19. The van der Waals surface area contributed by atoms with E-state index in [1.54, 1.807) is 0 Å². The molecule has 0 radical (unpaired) electrons. The molecule has 3 aliphatic rings. The number of pyridine rings is 1. The number of nitrogens with one attached hydrogen (secondary N) is 1. The number of aryl methyl sites for hydroxylation is 2. The highest BCUT2D eigenvalue weighted by molar-refractivity contribution is 6.09. The quantitative estimate of drug-likeness (QED) is 0.522. The first-order valence-corrected chi connectivity index (χ1v) is 11.6. The van der Waals surface area contributed by atoms with Crippen LogP contribution in [0, 0.1) is 26.2 Å². The van der Waals surface area contributed by atoms with Gasteiger partial charge in [0, 0.05) is 16.5 Å². The molecule has 3 aliphatic carbocycles. The van der Waals surface area contributed by atoms with Crippen LogP contribution in [-0.4, -0.2) is 16.4 Å². The van der Waals surface area contributed by atoms with Gasteiger partial charge in [-0.3, -0.25) is 4.79 Å². The number of aromatic nitrogens is 1. The molecule has 3 aromatic rings. The minimum absolute atomic E-state index is 0.0382. The van der Waals surface area contributed by atoms with Gasteiger partial charge < -0.3 is 5.32 Å². The molecule has 2 bridgehead atoms. The van der Waals surface area contributed by atoms with Gasteiger partial charge in [-0.2, -0.15) is 0 Å². The summed E-state index contributed by atoms with van der Waals surface area (Å²) in [6.45, 7) is 8.68. The highest BCUT2D eigenvalue weighted by atomic mass is 16.1. The van der Waals surface area contributed by atoms with E-state index in [-0.39, 0.29) is 11.4 Å². The molecule has 0 spiro atoms. The summed E-state index contributed by atoms with van der Waals surface area (Å²) in [5.74, 6) is 0.0656. The molecule has 0 atom stereocenters. The van der Waals surface area contributed by atoms with Crippen LogP contribution in [0.4, 0.5) is 0 Å². The van der Waals surface area contributed by atoms with Crippen LogP contribution in [0.1, 0.15) is 72.5 Å². The van der Waals surface area contributed by atoms with Crippen molar-refractivity contribution >= 4 is 16.8 Å². The molecule has 0 aliphatic heterocycles. The molecule has 1 aromatic heterocycles. The number of hydrogen-bond donors (Lipinski definition) is 1. The average molecular weight is 413 g/mol. The van der Waals surface area contributed by atoms with E-state index in [2.05, 4.69) is 57.3 Å². The zero-order valence-electron chi connectivity index (χ0n) is 19.1. The third-order valence-corrected chi connectivity index (χ3v) is 8.12. The zero-order valence-corrected chi connectivity index (χ0v) is 19.1. The van der Waals surface area contributed by atoms with Crippen molar-refractivity contribution < 1.29 is 4.79 Å². The van der Waals surface area contributed by atoms with Crippen LogP contribution in [0.25, 0.3) is 22.2 Å². The second-order valence-electron chi connectivity index (χ2n) is 10.3. The molecule has 3 nitrogen and oxygen atoms in total. The fourth-order valence-corrected chi connectivity index (χ4v) is 5.65. The molecule has 2 aromatic carbocycles. The Morgan fingerprint density at radius 1 is 0.903 bits per heavy atom. The lowest BCUT2D eigenvalue weighted by molar-refractivity contribution is 0.0339. The van der Waals surface area contributed by atoms with Crippen molar-refractivity contribution in [3.63, 3.8) is 0 Å². The molecule has 3 fully saturated rings. The fraction of sp³-hybridized carbons (Fsp3) is 0.429. The lowest BCUT2D eigenvalue weighted by Crippen LogP contribution is -2.56. The highest BCUT2D eigenvalue weighted by Gasteiger charge is 2.47. The third-order valence-electron chi connectivity index (χ3n) is 8.12. The molecule has 0 saturated heterocycles. The van der Waals surface area contributed by atoms with Gasteiger partial charge in [0.25, 0.3) is 5.91 Å². The van der Waals surface area contributed by atoms with E-state index in [9.17, 15) is 4.79 Å². The number of carbonyl (C=O) groups excluding carboxylic acids is 1. The van der Waals surface area contributed by atoms with Gasteiger partial charge in [-0.1, -0.05) is 37.3 Å². The Balaban J connectivity index is 1.63. The van der Waals surface area contributed by atoms with Gasteiger partial charge in [0.2, 0.25) is 0 Å². The van der Waals surface area contributed by atoms with Crippen molar-refractivity contribution in [3.8, 4) is 11.3 Å². The molecule has 1 amide bonds. The van der Waals surface area contributed by atoms with Crippen LogP contribution in [0.3, 0.4) is 0 Å². The van der Waals surface area contributed by atoms with Gasteiger partial charge in [0.15, 0.2) is 0 Å². The first-order valence-electron chi connectivity index (χ1n) is 11.6. The van der Waals surface area contributed by atoms with Crippen molar-refractivity contribution in [1.29, 1.82) is 0 Å². The van der Waals surface area contributed by atoms with E-state index in [0.29, 0.717) is 5.41 Å². The van der Waals surface area contributed by atoms with Crippen molar-refractivity contribution in [2.24, 2.45) is 5.41 Å². The number of hydrogen-bond acceptors (Lipinski definition) is 2. The SMILES string of the molecule is Cc1cc2nc(-c3ccccc3)c(C)c(C(=O)NC34CCC(C)(CC3)CC4)c2cc1C. The Morgan fingerprint density at radius 2 is 1.52 bits per heavy atom. The summed E-state index contributed by atoms with van der Waals surface area (Å²) in [5, 5.41) is 4.50. The summed E-state index contributed by atoms with van der Waals surface area (Å²) < 4.78 is 0. The minimum atomic E-state index is -0.0382. The fourth-order valence-electron chi connectivity index (χ4n) is 5.65. The van der Waals surface area contributed by atoms with E-state index >= 15 is 0 Å². The molecule has 3 heteroatoms. The van der Waals surface area contributed by atoms with Crippen LogP contribution in [0.15, 0.2) is 42.5 Å². The molecular weight excluding hydrogens is 380 g/mol. The maximum atomic E-state index is 13.8. The van der Waals surface area contributed by atoms with Gasteiger partial charge in [-0.05, 0) is 93.5 Å². The largest absolute Gasteiger partial charge is 0.347 e. The number of fused-ring (bicyclic) bond motifs is 4. The standard InChI is InChI=1S/C28H32N2O/c1-18-16-22-23(17-19(18)2)29-25(21-8-6-5-7-9-21)20(3)24(22)26(31)30-28-13-10-27(4,11-14-28)12-15-28/h5-9,16-17H,10-15H2,1-4H3,(H,30,31). The molecule has 0 unspecified atom stereocenters. The number of amides is 1. The Hall–Kier alpha value is -2.68. The van der Waals surface area contributed by atoms with E-state index < -0.39 is 0 Å². The van der Waals surface area contributed by atoms with Crippen LogP contribution >= 0.6 is 0 Å². The smallest absolute Gasteiger partial charge is 0.252 e. The highest BCUT2D eigenvalue weighted by Crippen LogP contribution is 2.52. The number of rotatable bonds is 3. The molecule has 160 valence electrons. The topological polar surface area (TPSA) is 42.0 Å². The average Bonchev–Trinajstić information content (AvgIpc) is 2.76. The molecule has 3 saturated carbocycles. The molecule has 31 heavy (non-hydrogen) atoms. The third kappa shape index (κ3) is 3.44. The van der Waals surface area contributed by atoms with Crippen LogP contribution in [-0.2, 0) is 0 Å². The summed E-state index contributed by atoms with van der Waals surface area (Å²) in [5.41, 5.74) is 7.45. The Labute approximate surface area is 185 Å². The van der Waals surface area contributed by atoms with Gasteiger partial charge in [0.1, 0.15) is 0 Å². The maximum absolute atomic E-state index is 13.8. The van der Waals surface area contributed by atoms with Crippen LogP contribution in [0.5, 0.6) is 0 Å². The summed E-state index contributed by atoms with van der Waals surface area (Å²) in [6, 6.07) is 14.5. The minimum Gasteiger partial charge on any atom is -0.347 e. The maximum Gasteiger partial charge on any atom is 0.252 e. The van der Waals surface area contributed by atoms with Crippen molar-refractivity contribution in [2.75, 3.05) is 0 Å². The monoisotopic (exact) mass is 412 g/mol. The van der Waals surface area contributed by atoms with Gasteiger partial charge in [0.05, 0.1) is 16.8 Å². The number of benzene rings is 2. The number of nitrogens with zero attached hydrogens (tertiary/aromatic N) is 1. The first-order chi connectivity index (χ1) is 14.8. The Bertz CT molecular complexity index is 1150. The summed E-state index contributed by atoms with van der Waals surface area (Å²) in [6.07, 6.45) is 6.95. The second-order valence-corrected chi connectivity index (χ2v) is 10.3. The Kier molecular flexibility index (Phi) is 4.69. The van der Waals surface area contributed by atoms with Gasteiger partial charge >= 0.3 is 0 Å². The Morgan fingerprint density at radius 3 is 2.16 bits per heavy atom. The zero-order chi connectivity index (χ0) is 21.8. The predicted octanol–water partition coefficient (Wildman–Crippen LogP) is 6.67. The van der Waals surface area contributed by atoms with Gasteiger partial charge in [-0.15, -0.1) is 0 Å². The normalized spacial score (nSPS) is 25.0. The molecular formula is C28H32N2O. The van der Waals surface area contributed by atoms with Crippen molar-refractivity contribution in [2.45, 2.75) is 71.8 Å². The molecule has 1 heterocycles. The van der Waals surface area contributed by atoms with Gasteiger partial charge in [-0.25, -0.2) is 4.98 Å². The van der Waals surface area contributed by atoms with E-state index in [1.807, 2.05) is 18.2 Å². The van der Waals surface area contributed by atoms with E-state index in [4.69, 9.17) is 4.98 Å². The summed E-state index contributed by atoms with van der Waals surface area (Å²) >= 11 is 0. The van der Waals surface area contributed by atoms with E-state index in [1.165, 1.54) is 30.4 Å².